The van der Waals surface area contributed by atoms with E-state index in [4.69, 9.17) is 0 Å². The predicted molar refractivity (Wildman–Crippen MR) is 66.5 cm³/mol. The van der Waals surface area contributed by atoms with Crippen molar-refractivity contribution < 1.29 is 9.90 Å². The van der Waals surface area contributed by atoms with E-state index < -0.39 is 5.97 Å². The second-order valence-electron chi connectivity index (χ2n) is 5.42. The molecule has 0 radical (unpaired) electrons. The SMILES string of the molecule is CCCCC1(C(=O)O)CCC(CCC)CC1. The van der Waals surface area contributed by atoms with E-state index in [0.29, 0.717) is 0 Å². The van der Waals surface area contributed by atoms with Crippen LogP contribution in [0.1, 0.15) is 71.6 Å². The molecular formula is C14H26O2. The van der Waals surface area contributed by atoms with Crippen LogP contribution < -0.4 is 0 Å². The van der Waals surface area contributed by atoms with Gasteiger partial charge in [-0.15, -0.1) is 0 Å². The summed E-state index contributed by atoms with van der Waals surface area (Å²) in [5.74, 6) is 0.245. The van der Waals surface area contributed by atoms with Crippen molar-refractivity contribution in [2.24, 2.45) is 11.3 Å². The van der Waals surface area contributed by atoms with Gasteiger partial charge >= 0.3 is 5.97 Å². The third-order valence-electron chi connectivity index (χ3n) is 4.22. The van der Waals surface area contributed by atoms with E-state index >= 15 is 0 Å². The first-order chi connectivity index (χ1) is 7.64. The van der Waals surface area contributed by atoms with Crippen LogP contribution in [-0.4, -0.2) is 11.1 Å². The van der Waals surface area contributed by atoms with Crippen molar-refractivity contribution in [3.8, 4) is 0 Å². The molecule has 0 saturated heterocycles. The largest absolute Gasteiger partial charge is 0.481 e. The molecule has 1 rings (SSSR count). The minimum Gasteiger partial charge on any atom is -0.481 e. The Hall–Kier alpha value is -0.530. The predicted octanol–water partition coefficient (Wildman–Crippen LogP) is 4.24. The molecule has 2 heteroatoms. The van der Waals surface area contributed by atoms with E-state index in [0.717, 1.165) is 50.9 Å². The van der Waals surface area contributed by atoms with Crippen LogP contribution in [0.4, 0.5) is 0 Å². The van der Waals surface area contributed by atoms with Gasteiger partial charge < -0.3 is 5.11 Å². The van der Waals surface area contributed by atoms with Gasteiger partial charge in [-0.2, -0.15) is 0 Å². The van der Waals surface area contributed by atoms with Gasteiger partial charge in [0.2, 0.25) is 0 Å². The van der Waals surface area contributed by atoms with E-state index in [1.54, 1.807) is 0 Å². The Morgan fingerprint density at radius 1 is 1.25 bits per heavy atom. The number of rotatable bonds is 6. The molecule has 0 bridgehead atoms. The fraction of sp³-hybridized carbons (Fsp3) is 0.929. The van der Waals surface area contributed by atoms with E-state index in [1.807, 2.05) is 0 Å². The summed E-state index contributed by atoms with van der Waals surface area (Å²) >= 11 is 0. The van der Waals surface area contributed by atoms with Crippen LogP contribution in [0.2, 0.25) is 0 Å². The Morgan fingerprint density at radius 3 is 2.31 bits per heavy atom. The molecule has 1 fully saturated rings. The Balaban J connectivity index is 2.52. The molecule has 1 N–H and O–H groups in total. The minimum absolute atomic E-state index is 0.375. The van der Waals surface area contributed by atoms with E-state index in [1.165, 1.54) is 12.8 Å². The zero-order valence-electron chi connectivity index (χ0n) is 10.8. The third-order valence-corrected chi connectivity index (χ3v) is 4.22. The van der Waals surface area contributed by atoms with E-state index in [2.05, 4.69) is 13.8 Å². The molecule has 1 saturated carbocycles. The van der Waals surface area contributed by atoms with Gasteiger partial charge in [-0.1, -0.05) is 39.5 Å². The smallest absolute Gasteiger partial charge is 0.309 e. The van der Waals surface area contributed by atoms with Crippen LogP contribution in [0.25, 0.3) is 0 Å². The number of hydrogen-bond acceptors (Lipinski definition) is 1. The summed E-state index contributed by atoms with van der Waals surface area (Å²) in [7, 11) is 0. The second-order valence-corrected chi connectivity index (χ2v) is 5.42. The van der Waals surface area contributed by atoms with Crippen molar-refractivity contribution in [1.29, 1.82) is 0 Å². The molecule has 0 amide bonds. The Bertz CT molecular complexity index is 215. The lowest BCUT2D eigenvalue weighted by Gasteiger charge is -2.37. The molecule has 94 valence electrons. The lowest BCUT2D eigenvalue weighted by atomic mass is 9.67. The van der Waals surface area contributed by atoms with Crippen LogP contribution in [0.5, 0.6) is 0 Å². The highest BCUT2D eigenvalue weighted by Crippen LogP contribution is 2.44. The molecule has 16 heavy (non-hydrogen) atoms. The van der Waals surface area contributed by atoms with Gasteiger partial charge in [0.15, 0.2) is 0 Å². The van der Waals surface area contributed by atoms with Crippen LogP contribution in [0.3, 0.4) is 0 Å². The first-order valence-electron chi connectivity index (χ1n) is 6.88. The van der Waals surface area contributed by atoms with Crippen molar-refractivity contribution in [1.82, 2.24) is 0 Å². The summed E-state index contributed by atoms with van der Waals surface area (Å²) in [6.45, 7) is 4.36. The fourth-order valence-electron chi connectivity index (χ4n) is 3.01. The number of carboxylic acids is 1. The van der Waals surface area contributed by atoms with Gasteiger partial charge in [-0.05, 0) is 38.0 Å². The first kappa shape index (κ1) is 13.5. The number of carboxylic acid groups (broad SMARTS) is 1. The molecule has 1 aliphatic rings. The lowest BCUT2D eigenvalue weighted by Crippen LogP contribution is -2.35. The standard InChI is InChI=1S/C14H26O2/c1-3-5-9-14(13(15)16)10-7-12(6-4-2)8-11-14/h12H,3-11H2,1-2H3,(H,15,16). The first-order valence-corrected chi connectivity index (χ1v) is 6.88. The van der Waals surface area contributed by atoms with Gasteiger partial charge in [0, 0.05) is 0 Å². The Kier molecular flexibility index (Phi) is 5.30. The van der Waals surface area contributed by atoms with Crippen molar-refractivity contribution in [2.75, 3.05) is 0 Å². The molecule has 2 nitrogen and oxygen atoms in total. The summed E-state index contributed by atoms with van der Waals surface area (Å²) in [5.41, 5.74) is -0.375. The van der Waals surface area contributed by atoms with E-state index in [-0.39, 0.29) is 5.41 Å². The minimum atomic E-state index is -0.545. The quantitative estimate of drug-likeness (QED) is 0.735. The van der Waals surface area contributed by atoms with Gasteiger partial charge in [0.1, 0.15) is 0 Å². The average molecular weight is 226 g/mol. The number of carbonyl (C=O) groups is 1. The zero-order valence-corrected chi connectivity index (χ0v) is 10.8. The maximum atomic E-state index is 11.4. The van der Waals surface area contributed by atoms with Crippen LogP contribution in [-0.2, 0) is 4.79 Å². The topological polar surface area (TPSA) is 37.3 Å². The van der Waals surface area contributed by atoms with Gasteiger partial charge in [0.25, 0.3) is 0 Å². The maximum absolute atomic E-state index is 11.4. The molecule has 0 aromatic heterocycles. The summed E-state index contributed by atoms with van der Waals surface area (Å²) in [6, 6.07) is 0. The molecule has 0 atom stereocenters. The molecule has 0 aromatic rings. The van der Waals surface area contributed by atoms with Crippen LogP contribution in [0, 0.1) is 11.3 Å². The summed E-state index contributed by atoms with van der Waals surface area (Å²) in [6.07, 6.45) is 9.65. The number of hydrogen-bond donors (Lipinski definition) is 1. The molecule has 0 aliphatic heterocycles. The van der Waals surface area contributed by atoms with Gasteiger partial charge in [-0.3, -0.25) is 4.79 Å². The molecule has 0 spiro atoms. The Labute approximate surface area is 99.4 Å². The summed E-state index contributed by atoms with van der Waals surface area (Å²) in [4.78, 5) is 11.4. The monoisotopic (exact) mass is 226 g/mol. The fourth-order valence-corrected chi connectivity index (χ4v) is 3.01. The van der Waals surface area contributed by atoms with Crippen molar-refractivity contribution in [2.45, 2.75) is 71.6 Å². The van der Waals surface area contributed by atoms with Crippen molar-refractivity contribution in [3.63, 3.8) is 0 Å². The highest BCUT2D eigenvalue weighted by atomic mass is 16.4. The van der Waals surface area contributed by atoms with Gasteiger partial charge in [0.05, 0.1) is 5.41 Å². The molecular weight excluding hydrogens is 200 g/mol. The molecule has 1 aliphatic carbocycles. The summed E-state index contributed by atoms with van der Waals surface area (Å²) < 4.78 is 0. The maximum Gasteiger partial charge on any atom is 0.309 e. The van der Waals surface area contributed by atoms with Crippen molar-refractivity contribution in [3.05, 3.63) is 0 Å². The van der Waals surface area contributed by atoms with Crippen LogP contribution >= 0.6 is 0 Å². The zero-order chi connectivity index (χ0) is 12.0. The Morgan fingerprint density at radius 2 is 1.88 bits per heavy atom. The average Bonchev–Trinajstić information content (AvgIpc) is 2.28. The number of aliphatic carboxylic acids is 1. The van der Waals surface area contributed by atoms with Crippen LogP contribution in [0.15, 0.2) is 0 Å². The molecule has 0 aromatic carbocycles. The lowest BCUT2D eigenvalue weighted by molar-refractivity contribution is -0.152. The third kappa shape index (κ3) is 3.23. The summed E-state index contributed by atoms with van der Waals surface area (Å²) in [5, 5.41) is 9.43. The highest BCUT2D eigenvalue weighted by Gasteiger charge is 2.40. The molecule has 0 unspecified atom stereocenters. The second kappa shape index (κ2) is 6.27. The highest BCUT2D eigenvalue weighted by molar-refractivity contribution is 5.74. The van der Waals surface area contributed by atoms with E-state index in [9.17, 15) is 9.90 Å². The molecule has 0 heterocycles. The van der Waals surface area contributed by atoms with Gasteiger partial charge in [-0.25, -0.2) is 0 Å². The normalized spacial score (nSPS) is 30.2. The van der Waals surface area contributed by atoms with Crippen molar-refractivity contribution >= 4 is 5.97 Å². The number of unbranched alkanes of at least 4 members (excludes halogenated alkanes) is 1.